The Morgan fingerprint density at radius 2 is 1.83 bits per heavy atom. The number of aromatic amines is 1. The zero-order valence-electron chi connectivity index (χ0n) is 14.2. The van der Waals surface area contributed by atoms with Crippen molar-refractivity contribution >= 4 is 11.6 Å². The first-order valence-electron chi connectivity index (χ1n) is 8.33. The molecule has 0 radical (unpaired) electrons. The van der Waals surface area contributed by atoms with Gasteiger partial charge in [-0.1, -0.05) is 39.3 Å². The number of aryl methyl sites for hydroxylation is 1. The molecule has 0 saturated carbocycles. The highest BCUT2D eigenvalue weighted by molar-refractivity contribution is 5.53. The van der Waals surface area contributed by atoms with E-state index in [1.165, 1.54) is 5.56 Å². The molecule has 0 bridgehead atoms. The summed E-state index contributed by atoms with van der Waals surface area (Å²) in [7, 11) is 0. The average Bonchev–Trinajstić information content (AvgIpc) is 2.54. The van der Waals surface area contributed by atoms with Crippen molar-refractivity contribution in [1.82, 2.24) is 14.9 Å². The molecule has 23 heavy (non-hydrogen) atoms. The number of hydrogen-bond donors (Lipinski definition) is 2. The van der Waals surface area contributed by atoms with Crippen LogP contribution in [0.25, 0.3) is 0 Å². The highest BCUT2D eigenvalue weighted by atomic mass is 16.1. The van der Waals surface area contributed by atoms with E-state index in [0.717, 1.165) is 43.9 Å². The van der Waals surface area contributed by atoms with Crippen LogP contribution in [0.15, 0.2) is 35.1 Å². The highest BCUT2D eigenvalue weighted by Gasteiger charge is 2.03. The van der Waals surface area contributed by atoms with E-state index in [9.17, 15) is 4.79 Å². The summed E-state index contributed by atoms with van der Waals surface area (Å²) in [5.74, 6) is 0.498. The Morgan fingerprint density at radius 3 is 2.43 bits per heavy atom. The van der Waals surface area contributed by atoms with Gasteiger partial charge in [0.25, 0.3) is 5.56 Å². The minimum atomic E-state index is -0.121. The predicted molar refractivity (Wildman–Crippen MR) is 95.2 cm³/mol. The smallest absolute Gasteiger partial charge is 0.252 e. The van der Waals surface area contributed by atoms with Crippen LogP contribution in [0.1, 0.15) is 38.4 Å². The molecule has 0 atom stereocenters. The maximum atomic E-state index is 11.7. The molecule has 2 N–H and O–H groups in total. The lowest BCUT2D eigenvalue weighted by Gasteiger charge is -2.18. The first kappa shape index (κ1) is 17.2. The van der Waals surface area contributed by atoms with E-state index in [-0.39, 0.29) is 5.56 Å². The summed E-state index contributed by atoms with van der Waals surface area (Å²) in [4.78, 5) is 21.2. The summed E-state index contributed by atoms with van der Waals surface area (Å²) in [6.45, 7) is 9.46. The molecule has 2 rings (SSSR count). The highest BCUT2D eigenvalue weighted by Crippen LogP contribution is 2.15. The number of rotatable bonds is 8. The SMILES string of the molecule is CCCc1cc(=O)[nH]c(Nc2ccc(CN(CC)CC)cc2)n1. The molecule has 1 aromatic heterocycles. The number of anilines is 2. The van der Waals surface area contributed by atoms with E-state index in [0.29, 0.717) is 5.95 Å². The monoisotopic (exact) mass is 314 g/mol. The van der Waals surface area contributed by atoms with Crippen LogP contribution in [-0.2, 0) is 13.0 Å². The fraction of sp³-hybridized carbons (Fsp3) is 0.444. The summed E-state index contributed by atoms with van der Waals surface area (Å²) >= 11 is 0. The van der Waals surface area contributed by atoms with Crippen LogP contribution >= 0.6 is 0 Å². The Morgan fingerprint density at radius 1 is 1.13 bits per heavy atom. The zero-order chi connectivity index (χ0) is 16.7. The predicted octanol–water partition coefficient (Wildman–Crippen LogP) is 3.31. The third-order valence-electron chi connectivity index (χ3n) is 3.82. The van der Waals surface area contributed by atoms with Gasteiger partial charge >= 0.3 is 0 Å². The minimum Gasteiger partial charge on any atom is -0.326 e. The molecule has 0 unspecified atom stereocenters. The van der Waals surface area contributed by atoms with Crippen LogP contribution in [0.5, 0.6) is 0 Å². The summed E-state index contributed by atoms with van der Waals surface area (Å²) in [6, 6.07) is 9.81. The molecule has 0 saturated heterocycles. The largest absolute Gasteiger partial charge is 0.326 e. The molecule has 1 heterocycles. The molecule has 0 fully saturated rings. The molecule has 0 aliphatic carbocycles. The molecule has 124 valence electrons. The van der Waals surface area contributed by atoms with Gasteiger partial charge in [0.2, 0.25) is 5.95 Å². The normalized spacial score (nSPS) is 11.0. The molecule has 0 amide bonds. The Labute approximate surface area is 137 Å². The van der Waals surface area contributed by atoms with Gasteiger partial charge in [-0.05, 0) is 37.2 Å². The lowest BCUT2D eigenvalue weighted by molar-refractivity contribution is 0.296. The van der Waals surface area contributed by atoms with Gasteiger partial charge in [0.15, 0.2) is 0 Å². The third-order valence-corrected chi connectivity index (χ3v) is 3.82. The lowest BCUT2D eigenvalue weighted by Crippen LogP contribution is -2.22. The van der Waals surface area contributed by atoms with E-state index >= 15 is 0 Å². The fourth-order valence-corrected chi connectivity index (χ4v) is 2.49. The second-order valence-corrected chi connectivity index (χ2v) is 5.62. The summed E-state index contributed by atoms with van der Waals surface area (Å²) in [5, 5.41) is 3.17. The Kier molecular flexibility index (Phi) is 6.35. The van der Waals surface area contributed by atoms with Crippen molar-refractivity contribution in [2.45, 2.75) is 40.2 Å². The fourth-order valence-electron chi connectivity index (χ4n) is 2.49. The average molecular weight is 314 g/mol. The second kappa shape index (κ2) is 8.48. The van der Waals surface area contributed by atoms with Gasteiger partial charge in [-0.2, -0.15) is 0 Å². The van der Waals surface area contributed by atoms with Crippen LogP contribution in [0.2, 0.25) is 0 Å². The molecule has 0 aliphatic rings. The van der Waals surface area contributed by atoms with Crippen molar-refractivity contribution in [3.8, 4) is 0 Å². The Bertz CT molecular complexity index is 659. The van der Waals surface area contributed by atoms with E-state index in [1.807, 2.05) is 12.1 Å². The number of hydrogen-bond acceptors (Lipinski definition) is 4. The summed E-state index contributed by atoms with van der Waals surface area (Å²) in [5.41, 5.74) is 2.89. The van der Waals surface area contributed by atoms with Gasteiger partial charge in [0, 0.05) is 24.0 Å². The van der Waals surface area contributed by atoms with Crippen molar-refractivity contribution in [2.24, 2.45) is 0 Å². The van der Waals surface area contributed by atoms with Gasteiger partial charge in [-0.15, -0.1) is 0 Å². The van der Waals surface area contributed by atoms with Crippen LogP contribution in [-0.4, -0.2) is 28.0 Å². The number of nitrogens with one attached hydrogen (secondary N) is 2. The minimum absolute atomic E-state index is 0.121. The van der Waals surface area contributed by atoms with Gasteiger partial charge < -0.3 is 5.32 Å². The summed E-state index contributed by atoms with van der Waals surface area (Å²) in [6.07, 6.45) is 1.78. The number of H-pyrrole nitrogens is 1. The lowest BCUT2D eigenvalue weighted by atomic mass is 10.2. The molecule has 5 nitrogen and oxygen atoms in total. The van der Waals surface area contributed by atoms with Crippen LogP contribution in [0.4, 0.5) is 11.6 Å². The van der Waals surface area contributed by atoms with E-state index in [4.69, 9.17) is 0 Å². The topological polar surface area (TPSA) is 61.0 Å². The van der Waals surface area contributed by atoms with Crippen molar-refractivity contribution < 1.29 is 0 Å². The standard InChI is InChI=1S/C18H26N4O/c1-4-7-16-12-17(23)21-18(20-16)19-15-10-8-14(9-11-15)13-22(5-2)6-3/h8-12H,4-7,13H2,1-3H3,(H2,19,20,21,23). The van der Waals surface area contributed by atoms with Crippen molar-refractivity contribution in [1.29, 1.82) is 0 Å². The first-order chi connectivity index (χ1) is 11.1. The number of aromatic nitrogens is 2. The van der Waals surface area contributed by atoms with Crippen LogP contribution < -0.4 is 10.9 Å². The van der Waals surface area contributed by atoms with Crippen molar-refractivity contribution in [3.63, 3.8) is 0 Å². The quantitative estimate of drug-likeness (QED) is 0.785. The Hall–Kier alpha value is -2.14. The molecule has 0 spiro atoms. The zero-order valence-corrected chi connectivity index (χ0v) is 14.2. The molecule has 0 aliphatic heterocycles. The second-order valence-electron chi connectivity index (χ2n) is 5.62. The number of nitrogens with zero attached hydrogens (tertiary/aromatic N) is 2. The molecule has 5 heteroatoms. The third kappa shape index (κ3) is 5.21. The van der Waals surface area contributed by atoms with Crippen molar-refractivity contribution in [2.75, 3.05) is 18.4 Å². The first-order valence-corrected chi connectivity index (χ1v) is 8.33. The van der Waals surface area contributed by atoms with Crippen molar-refractivity contribution in [3.05, 3.63) is 51.9 Å². The molecular formula is C18H26N4O. The van der Waals surface area contributed by atoms with E-state index < -0.39 is 0 Å². The maximum Gasteiger partial charge on any atom is 0.252 e. The Balaban J connectivity index is 2.07. The van der Waals surface area contributed by atoms with Gasteiger partial charge in [-0.25, -0.2) is 4.98 Å². The van der Waals surface area contributed by atoms with Crippen LogP contribution in [0.3, 0.4) is 0 Å². The van der Waals surface area contributed by atoms with Gasteiger partial charge in [0.05, 0.1) is 0 Å². The van der Waals surface area contributed by atoms with E-state index in [2.05, 4.69) is 53.1 Å². The van der Waals surface area contributed by atoms with Gasteiger partial charge in [-0.3, -0.25) is 14.7 Å². The maximum absolute atomic E-state index is 11.7. The van der Waals surface area contributed by atoms with Gasteiger partial charge in [0.1, 0.15) is 0 Å². The number of benzene rings is 1. The molecule has 2 aromatic rings. The molecular weight excluding hydrogens is 288 g/mol. The van der Waals surface area contributed by atoms with E-state index in [1.54, 1.807) is 6.07 Å². The molecule has 1 aromatic carbocycles. The van der Waals surface area contributed by atoms with Crippen LogP contribution in [0, 0.1) is 0 Å². The summed E-state index contributed by atoms with van der Waals surface area (Å²) < 4.78 is 0.